The smallest absolute Gasteiger partial charge is 0.339 e. The van der Waals surface area contributed by atoms with E-state index in [2.05, 4.69) is 48.7 Å². The number of carboxylic acids is 1. The second-order valence-corrected chi connectivity index (χ2v) is 10.7. The molecule has 37 heavy (non-hydrogen) atoms. The SMILES string of the molecule is CC/C=C\C/C=C\C/C=C\CCCCCCCCSC(CC)(CC)C(=O)Nc1ccc(O)c(C(=O)O)c1. The number of aromatic carboxylic acids is 1. The molecule has 0 fully saturated rings. The van der Waals surface area contributed by atoms with Crippen LogP contribution in [0.2, 0.25) is 0 Å². The second-order valence-electron chi connectivity index (χ2n) is 9.24. The zero-order valence-corrected chi connectivity index (χ0v) is 23.8. The molecular weight excluding hydrogens is 482 g/mol. The maximum Gasteiger partial charge on any atom is 0.339 e. The molecule has 3 N–H and O–H groups in total. The van der Waals surface area contributed by atoms with Crippen molar-refractivity contribution in [2.45, 2.75) is 103 Å². The molecule has 0 spiro atoms. The van der Waals surface area contributed by atoms with E-state index >= 15 is 0 Å². The third-order valence-electron chi connectivity index (χ3n) is 6.46. The van der Waals surface area contributed by atoms with Crippen molar-refractivity contribution in [1.29, 1.82) is 0 Å². The number of nitrogens with one attached hydrogen (secondary N) is 1. The normalized spacial score (nSPS) is 12.2. The van der Waals surface area contributed by atoms with Crippen LogP contribution >= 0.6 is 11.8 Å². The molecule has 0 aliphatic rings. The summed E-state index contributed by atoms with van der Waals surface area (Å²) in [6.07, 6.45) is 26.3. The van der Waals surface area contributed by atoms with Crippen LogP contribution in [0.4, 0.5) is 5.69 Å². The fraction of sp³-hybridized carbons (Fsp3) is 0.548. The molecule has 0 atom stereocenters. The molecule has 5 nitrogen and oxygen atoms in total. The monoisotopic (exact) mass is 529 g/mol. The summed E-state index contributed by atoms with van der Waals surface area (Å²) in [6.45, 7) is 6.19. The number of carbonyl (C=O) groups is 2. The van der Waals surface area contributed by atoms with E-state index in [4.69, 9.17) is 0 Å². The Labute approximate surface area is 228 Å². The summed E-state index contributed by atoms with van der Waals surface area (Å²) >= 11 is 1.70. The van der Waals surface area contributed by atoms with Crippen LogP contribution < -0.4 is 5.32 Å². The largest absolute Gasteiger partial charge is 0.507 e. The van der Waals surface area contributed by atoms with E-state index in [-0.39, 0.29) is 17.2 Å². The van der Waals surface area contributed by atoms with E-state index in [1.165, 1.54) is 50.3 Å². The van der Waals surface area contributed by atoms with Crippen molar-refractivity contribution in [3.8, 4) is 5.75 Å². The zero-order valence-electron chi connectivity index (χ0n) is 23.0. The highest BCUT2D eigenvalue weighted by Gasteiger charge is 2.35. The Balaban J connectivity index is 2.26. The third-order valence-corrected chi connectivity index (χ3v) is 8.27. The molecule has 206 valence electrons. The first-order valence-corrected chi connectivity index (χ1v) is 14.8. The molecule has 1 aromatic rings. The number of benzene rings is 1. The number of aromatic hydroxyl groups is 1. The van der Waals surface area contributed by atoms with Crippen molar-refractivity contribution in [1.82, 2.24) is 0 Å². The Hall–Kier alpha value is -2.47. The maximum atomic E-state index is 13.1. The highest BCUT2D eigenvalue weighted by Crippen LogP contribution is 2.35. The van der Waals surface area contributed by atoms with E-state index in [1.807, 2.05) is 13.8 Å². The Kier molecular flexibility index (Phi) is 17.3. The van der Waals surface area contributed by atoms with Crippen LogP contribution in [0, 0.1) is 0 Å². The Morgan fingerprint density at radius 2 is 1.46 bits per heavy atom. The van der Waals surface area contributed by atoms with E-state index < -0.39 is 10.7 Å². The number of allylic oxidation sites excluding steroid dienone is 6. The van der Waals surface area contributed by atoms with Gasteiger partial charge in [-0.05, 0) is 75.3 Å². The van der Waals surface area contributed by atoms with Crippen molar-refractivity contribution >= 4 is 29.3 Å². The van der Waals surface area contributed by atoms with Gasteiger partial charge >= 0.3 is 5.97 Å². The predicted molar refractivity (Wildman–Crippen MR) is 159 cm³/mol. The van der Waals surface area contributed by atoms with Gasteiger partial charge in [-0.25, -0.2) is 4.79 Å². The number of rotatable bonds is 20. The number of phenols is 1. The molecule has 0 bridgehead atoms. The standard InChI is InChI=1S/C31H47NO4S/c1-4-7-8-9-10-11-12-13-14-15-16-17-18-19-20-21-24-37-31(5-2,6-3)30(36)32-26-22-23-28(33)27(25-26)29(34)35/h7-8,10-11,13-14,22-23,25,33H,4-6,9,12,15-21,24H2,1-3H3,(H,32,36)(H,34,35)/b8-7-,11-10-,14-13-. The molecule has 0 radical (unpaired) electrons. The number of hydrogen-bond donors (Lipinski definition) is 3. The van der Waals surface area contributed by atoms with Gasteiger partial charge in [0.05, 0.1) is 4.75 Å². The number of thioether (sulfide) groups is 1. The van der Waals surface area contributed by atoms with Gasteiger partial charge in [0.2, 0.25) is 5.91 Å². The van der Waals surface area contributed by atoms with Gasteiger partial charge in [0, 0.05) is 5.69 Å². The molecule has 0 aliphatic heterocycles. The molecule has 1 amide bonds. The van der Waals surface area contributed by atoms with Gasteiger partial charge in [0.15, 0.2) is 0 Å². The molecule has 6 heteroatoms. The van der Waals surface area contributed by atoms with Crippen molar-refractivity contribution in [3.05, 3.63) is 60.2 Å². The van der Waals surface area contributed by atoms with Gasteiger partial charge in [-0.3, -0.25) is 4.79 Å². The van der Waals surface area contributed by atoms with Crippen LogP contribution in [0.3, 0.4) is 0 Å². The average Bonchev–Trinajstić information content (AvgIpc) is 2.89. The van der Waals surface area contributed by atoms with Gasteiger partial charge < -0.3 is 15.5 Å². The van der Waals surface area contributed by atoms with Crippen LogP contribution in [-0.2, 0) is 4.79 Å². The zero-order chi connectivity index (χ0) is 27.4. The molecule has 0 aliphatic carbocycles. The number of amides is 1. The van der Waals surface area contributed by atoms with E-state index in [0.717, 1.165) is 37.9 Å². The molecule has 1 aromatic carbocycles. The highest BCUT2D eigenvalue weighted by atomic mass is 32.2. The van der Waals surface area contributed by atoms with Gasteiger partial charge in [-0.2, -0.15) is 0 Å². The van der Waals surface area contributed by atoms with Crippen LogP contribution in [-0.4, -0.2) is 32.6 Å². The van der Waals surface area contributed by atoms with Crippen LogP contribution in [0.1, 0.15) is 108 Å². The molecule has 0 unspecified atom stereocenters. The fourth-order valence-corrected chi connectivity index (χ4v) is 5.37. The Bertz CT molecular complexity index is 887. The summed E-state index contributed by atoms with van der Waals surface area (Å²) in [6, 6.07) is 4.13. The lowest BCUT2D eigenvalue weighted by Gasteiger charge is -2.30. The number of hydrogen-bond acceptors (Lipinski definition) is 4. The first kappa shape index (κ1) is 32.6. The van der Waals surface area contributed by atoms with Crippen molar-refractivity contribution in [2.24, 2.45) is 0 Å². The number of unbranched alkanes of at least 4 members (excludes halogenated alkanes) is 6. The minimum atomic E-state index is -1.23. The summed E-state index contributed by atoms with van der Waals surface area (Å²) in [5, 5.41) is 21.8. The molecule has 0 saturated carbocycles. The number of carboxylic acid groups (broad SMARTS) is 1. The second kappa shape index (κ2) is 19.6. The Morgan fingerprint density at radius 3 is 2.08 bits per heavy atom. The first-order valence-electron chi connectivity index (χ1n) is 13.9. The lowest BCUT2D eigenvalue weighted by molar-refractivity contribution is -0.118. The molecule has 0 saturated heterocycles. The van der Waals surface area contributed by atoms with Crippen molar-refractivity contribution in [2.75, 3.05) is 11.1 Å². The highest BCUT2D eigenvalue weighted by molar-refractivity contribution is 8.01. The number of anilines is 1. The Morgan fingerprint density at radius 1 is 0.865 bits per heavy atom. The van der Waals surface area contributed by atoms with Crippen molar-refractivity contribution < 1.29 is 19.8 Å². The van der Waals surface area contributed by atoms with Crippen LogP contribution in [0.15, 0.2) is 54.7 Å². The van der Waals surface area contributed by atoms with Crippen molar-refractivity contribution in [3.63, 3.8) is 0 Å². The van der Waals surface area contributed by atoms with Gasteiger partial charge in [-0.15, -0.1) is 11.8 Å². The summed E-state index contributed by atoms with van der Waals surface area (Å²) in [5.74, 6) is -0.722. The van der Waals surface area contributed by atoms with Crippen LogP contribution in [0.5, 0.6) is 5.75 Å². The predicted octanol–water partition coefficient (Wildman–Crippen LogP) is 8.91. The summed E-state index contributed by atoms with van der Waals surface area (Å²) in [4.78, 5) is 24.4. The molecular formula is C31H47NO4S. The quantitative estimate of drug-likeness (QED) is 0.0891. The van der Waals surface area contributed by atoms with Gasteiger partial charge in [0.1, 0.15) is 11.3 Å². The molecule has 1 rings (SSSR count). The summed E-state index contributed by atoms with van der Waals surface area (Å²) < 4.78 is -0.547. The van der Waals surface area contributed by atoms with Crippen LogP contribution in [0.25, 0.3) is 0 Å². The maximum absolute atomic E-state index is 13.1. The minimum Gasteiger partial charge on any atom is -0.507 e. The van der Waals surface area contributed by atoms with E-state index in [9.17, 15) is 19.8 Å². The minimum absolute atomic E-state index is 0.110. The summed E-state index contributed by atoms with van der Waals surface area (Å²) in [5.41, 5.74) is 0.168. The number of carbonyl (C=O) groups excluding carboxylic acids is 1. The lowest BCUT2D eigenvalue weighted by Crippen LogP contribution is -2.39. The van der Waals surface area contributed by atoms with Gasteiger partial charge in [0.25, 0.3) is 0 Å². The third kappa shape index (κ3) is 13.1. The first-order chi connectivity index (χ1) is 17.9. The van der Waals surface area contributed by atoms with Gasteiger partial charge in [-0.1, -0.05) is 82.9 Å². The topological polar surface area (TPSA) is 86.6 Å². The van der Waals surface area contributed by atoms with E-state index in [1.54, 1.807) is 11.8 Å². The molecule has 0 heterocycles. The lowest BCUT2D eigenvalue weighted by atomic mass is 10.0. The summed E-state index contributed by atoms with van der Waals surface area (Å²) in [7, 11) is 0. The van der Waals surface area contributed by atoms with E-state index in [0.29, 0.717) is 18.5 Å². The fourth-order valence-electron chi connectivity index (χ4n) is 4.04. The average molecular weight is 530 g/mol. The molecule has 0 aromatic heterocycles.